The number of aromatic nitrogens is 13. The molecule has 0 atom stereocenters. The Morgan fingerprint density at radius 1 is 0.244 bits per heavy atom. The van der Waals surface area contributed by atoms with Crippen LogP contribution in [0.3, 0.4) is 0 Å². The summed E-state index contributed by atoms with van der Waals surface area (Å²) in [6.07, 6.45) is 7.32. The zero-order valence-electron chi connectivity index (χ0n) is 50.6. The lowest BCUT2D eigenvalue weighted by Crippen LogP contribution is -1.97. The van der Waals surface area contributed by atoms with Gasteiger partial charge in [-0.25, -0.2) is 44.9 Å². The number of hydrogen-bond donors (Lipinski definition) is 0. The second-order valence-electron chi connectivity index (χ2n) is 19.8. The highest BCUT2D eigenvalue weighted by molar-refractivity contribution is 5.85. The highest BCUT2D eigenvalue weighted by Crippen LogP contribution is 2.20. The predicted molar refractivity (Wildman–Crippen MR) is 322 cm³/mol. The van der Waals surface area contributed by atoms with Gasteiger partial charge in [0.2, 0.25) is 0 Å². The minimum absolute atomic E-state index is 0.792. The maximum absolute atomic E-state index is 4.48. The third kappa shape index (κ3) is 25.1. The van der Waals surface area contributed by atoms with Gasteiger partial charge in [-0.15, -0.1) is 0 Å². The summed E-state index contributed by atoms with van der Waals surface area (Å²) < 4.78 is 0. The van der Waals surface area contributed by atoms with E-state index in [0.717, 1.165) is 97.3 Å². The van der Waals surface area contributed by atoms with Crippen molar-refractivity contribution < 1.29 is 0 Å². The third-order valence-corrected chi connectivity index (χ3v) is 10.9. The van der Waals surface area contributed by atoms with Crippen LogP contribution in [0.25, 0.3) is 21.7 Å². The van der Waals surface area contributed by atoms with E-state index in [9.17, 15) is 0 Å². The van der Waals surface area contributed by atoms with Crippen molar-refractivity contribution in [2.24, 2.45) is 0 Å². The first-order chi connectivity index (χ1) is 36.6. The fourth-order valence-electron chi connectivity index (χ4n) is 8.16. The lowest BCUT2D eigenvalue weighted by Gasteiger charge is -2.03. The van der Waals surface area contributed by atoms with Gasteiger partial charge in [0.1, 0.15) is 34.9 Å². The van der Waals surface area contributed by atoms with E-state index in [2.05, 4.69) is 166 Å². The van der Waals surface area contributed by atoms with E-state index >= 15 is 0 Å². The Hall–Kier alpha value is -8.19. The molecular weight excluding hydrogens is 963 g/mol. The number of fused-ring (bicyclic) bond motifs is 2. The normalized spacial score (nSPS) is 9.92. The topological polar surface area (TPSA) is 168 Å². The van der Waals surface area contributed by atoms with Crippen molar-refractivity contribution in [3.05, 3.63) is 229 Å². The largest absolute Gasteiger partial charge is 0.264 e. The van der Waals surface area contributed by atoms with Crippen LogP contribution in [0, 0.1) is 152 Å². The van der Waals surface area contributed by atoms with Crippen LogP contribution < -0.4 is 0 Å². The van der Waals surface area contributed by atoms with E-state index in [1.807, 2.05) is 155 Å². The van der Waals surface area contributed by atoms with Gasteiger partial charge < -0.3 is 0 Å². The molecule has 0 aliphatic heterocycles. The van der Waals surface area contributed by atoms with Crippen LogP contribution in [-0.4, -0.2) is 64.8 Å². The molecule has 0 aliphatic carbocycles. The minimum Gasteiger partial charge on any atom is -0.264 e. The second-order valence-corrected chi connectivity index (χ2v) is 19.8. The average Bonchev–Trinajstić information content (AvgIpc) is 3.33. The van der Waals surface area contributed by atoms with E-state index in [1.165, 1.54) is 49.5 Å². The van der Waals surface area contributed by atoms with E-state index in [4.69, 9.17) is 0 Å². The molecule has 2 aromatic carbocycles. The van der Waals surface area contributed by atoms with Gasteiger partial charge in [-0.05, 0) is 240 Å². The molecule has 8 aromatic heterocycles. The smallest absolute Gasteiger partial charge is 0.129 e. The minimum atomic E-state index is 0.792. The third-order valence-electron chi connectivity index (χ3n) is 10.9. The first-order valence-corrected chi connectivity index (χ1v) is 26.1. The summed E-state index contributed by atoms with van der Waals surface area (Å²) in [5, 5.41) is 3.83. The van der Waals surface area contributed by atoms with Crippen LogP contribution in [0.4, 0.5) is 0 Å². The van der Waals surface area contributed by atoms with Gasteiger partial charge in [0.25, 0.3) is 0 Å². The zero-order chi connectivity index (χ0) is 58.2. The molecule has 0 unspecified atom stereocenters. The molecule has 78 heavy (non-hydrogen) atoms. The number of aryl methyl sites for hydroxylation is 22. The quantitative estimate of drug-likeness (QED) is 0.141. The summed E-state index contributed by atoms with van der Waals surface area (Å²) >= 11 is 0. The predicted octanol–water partition coefficient (Wildman–Crippen LogP) is 14.7. The van der Waals surface area contributed by atoms with Crippen molar-refractivity contribution in [3.63, 3.8) is 0 Å². The Balaban J connectivity index is 0.000000236. The van der Waals surface area contributed by atoms with Crippen LogP contribution in [0.2, 0.25) is 0 Å². The van der Waals surface area contributed by atoms with E-state index < -0.39 is 0 Å². The SMILES string of the molecule is Cc1cc(C)nc(C)c1.Cc1cc(C)nc(C)n1.Cc1cc(C)nc(C)n1.Cc1ccc2cc(C)nc(C)c2c1.Cc1ccc2nc(C)cc(C)c2c1.Cc1cnc(C)nc1.Cc1cncc(C)c1.Cc1nc(C)nc(C)n1. The second kappa shape index (κ2) is 31.8. The average molecular weight is 1050 g/mol. The molecular formula is C65H83N13. The molecule has 0 saturated carbocycles. The molecule has 0 aliphatic rings. The summed E-state index contributed by atoms with van der Waals surface area (Å²) in [5.41, 5.74) is 19.5. The summed E-state index contributed by atoms with van der Waals surface area (Å²) in [6.45, 7) is 43.8. The van der Waals surface area contributed by atoms with Crippen LogP contribution in [0.1, 0.15) is 125 Å². The summed E-state index contributed by atoms with van der Waals surface area (Å²) in [4.78, 5) is 53.6. The van der Waals surface area contributed by atoms with Crippen molar-refractivity contribution in [2.45, 2.75) is 152 Å². The zero-order valence-corrected chi connectivity index (χ0v) is 50.6. The number of hydrogen-bond acceptors (Lipinski definition) is 13. The maximum atomic E-state index is 4.48. The van der Waals surface area contributed by atoms with Gasteiger partial charge in [0, 0.05) is 86.8 Å². The highest BCUT2D eigenvalue weighted by atomic mass is 15.0. The monoisotopic (exact) mass is 1050 g/mol. The molecule has 0 saturated heterocycles. The molecule has 13 heteroatoms. The van der Waals surface area contributed by atoms with Crippen LogP contribution in [0.5, 0.6) is 0 Å². The van der Waals surface area contributed by atoms with Crippen molar-refractivity contribution >= 4 is 21.7 Å². The molecule has 0 spiro atoms. The molecule has 0 N–H and O–H groups in total. The fraction of sp³-hybridized carbons (Fsp3) is 0.338. The van der Waals surface area contributed by atoms with E-state index in [-0.39, 0.29) is 0 Å². The Bertz CT molecular complexity index is 2970. The van der Waals surface area contributed by atoms with Crippen molar-refractivity contribution in [2.75, 3.05) is 0 Å². The molecule has 13 nitrogen and oxygen atoms in total. The first-order valence-electron chi connectivity index (χ1n) is 26.1. The van der Waals surface area contributed by atoms with Crippen molar-refractivity contribution in [1.82, 2.24) is 64.8 Å². The Kier molecular flexibility index (Phi) is 26.1. The Morgan fingerprint density at radius 2 is 0.641 bits per heavy atom. The standard InChI is InChI=1S/2C12H13N.C8H11N.2C7H10N2.C7H9N.C6H9N3.C6H8N2/c1-8-4-5-11-7-9(2)13-10(3)12(11)6-8;1-8-4-5-12-11(6-8)9(2)7-10(3)13-12;1-6-4-7(2)9-8(3)5-6;2*1-5-4-6(2)9-7(3)8-5;1-6-3-7(2)5-8-4-6;1-4-7-5(2)9-6(3)8-4;1-5-3-7-6(2)8-4-5/h2*4-7H,1-3H3;4-5H,1-3H3;2*4H,1-3H3;3-5H,1-2H3;1-3H3;3-4H,1-2H3. The molecule has 0 fully saturated rings. The number of nitrogens with zero attached hydrogens (tertiary/aromatic N) is 13. The molecule has 0 amide bonds. The Morgan fingerprint density at radius 3 is 1.05 bits per heavy atom. The fourth-order valence-corrected chi connectivity index (χ4v) is 8.16. The highest BCUT2D eigenvalue weighted by Gasteiger charge is 2.01. The summed E-state index contributed by atoms with van der Waals surface area (Å²) in [7, 11) is 0. The molecule has 10 aromatic rings. The van der Waals surface area contributed by atoms with Crippen LogP contribution >= 0.6 is 0 Å². The number of rotatable bonds is 0. The first kappa shape index (κ1) is 64.1. The molecule has 0 bridgehead atoms. The van der Waals surface area contributed by atoms with E-state index in [0.29, 0.717) is 0 Å². The van der Waals surface area contributed by atoms with Crippen LogP contribution in [0.15, 0.2) is 104 Å². The number of pyridine rings is 4. The molecule has 408 valence electrons. The Labute approximate surface area is 465 Å². The van der Waals surface area contributed by atoms with Crippen molar-refractivity contribution in [3.8, 4) is 0 Å². The van der Waals surface area contributed by atoms with Gasteiger partial charge in [-0.1, -0.05) is 35.4 Å². The van der Waals surface area contributed by atoms with Gasteiger partial charge in [-0.3, -0.25) is 19.9 Å². The van der Waals surface area contributed by atoms with Gasteiger partial charge >= 0.3 is 0 Å². The molecule has 10 rings (SSSR count). The van der Waals surface area contributed by atoms with Gasteiger partial charge in [0.05, 0.1) is 5.52 Å². The molecule has 8 heterocycles. The lowest BCUT2D eigenvalue weighted by molar-refractivity contribution is 0.875. The van der Waals surface area contributed by atoms with E-state index in [1.54, 1.807) is 0 Å². The summed E-state index contributed by atoms with van der Waals surface area (Å²) in [5.74, 6) is 4.91. The van der Waals surface area contributed by atoms with Crippen molar-refractivity contribution in [1.29, 1.82) is 0 Å². The van der Waals surface area contributed by atoms with Gasteiger partial charge in [0.15, 0.2) is 0 Å². The van der Waals surface area contributed by atoms with Gasteiger partial charge in [-0.2, -0.15) is 0 Å². The van der Waals surface area contributed by atoms with Crippen LogP contribution in [-0.2, 0) is 0 Å². The molecule has 0 radical (unpaired) electrons. The number of benzene rings is 2. The lowest BCUT2D eigenvalue weighted by atomic mass is 10.1. The summed E-state index contributed by atoms with van der Waals surface area (Å²) in [6, 6.07) is 27.3. The maximum Gasteiger partial charge on any atom is 0.129 e.